The van der Waals surface area contributed by atoms with Crippen LogP contribution in [0.25, 0.3) is 0 Å². The highest BCUT2D eigenvalue weighted by molar-refractivity contribution is 6.31. The summed E-state index contributed by atoms with van der Waals surface area (Å²) in [5, 5.41) is 3.99. The molecule has 1 atom stereocenters. The number of benzene rings is 2. The fourth-order valence-electron chi connectivity index (χ4n) is 2.33. The van der Waals surface area contributed by atoms with Crippen molar-refractivity contribution in [2.45, 2.75) is 6.04 Å². The maximum atomic E-state index is 6.32. The van der Waals surface area contributed by atoms with Crippen molar-refractivity contribution in [3.05, 3.63) is 58.6 Å². The van der Waals surface area contributed by atoms with Gasteiger partial charge in [-0.05, 0) is 30.8 Å². The molecule has 2 rings (SSSR count). The average molecular weight is 292 g/mol. The van der Waals surface area contributed by atoms with Crippen LogP contribution in [0, 0.1) is 0 Å². The van der Waals surface area contributed by atoms with Crippen molar-refractivity contribution in [1.29, 1.82) is 0 Å². The highest BCUT2D eigenvalue weighted by Crippen LogP contribution is 2.39. The van der Waals surface area contributed by atoms with Crippen LogP contribution in [-0.4, -0.2) is 21.3 Å². The van der Waals surface area contributed by atoms with Crippen molar-refractivity contribution in [2.24, 2.45) is 0 Å². The van der Waals surface area contributed by atoms with Gasteiger partial charge in [-0.3, -0.25) is 0 Å². The second-order valence-corrected chi connectivity index (χ2v) is 4.73. The zero-order valence-corrected chi connectivity index (χ0v) is 12.6. The lowest BCUT2D eigenvalue weighted by molar-refractivity contribution is 0.379. The van der Waals surface area contributed by atoms with Crippen molar-refractivity contribution in [3.8, 4) is 11.5 Å². The summed E-state index contributed by atoms with van der Waals surface area (Å²) in [7, 11) is 5.19. The smallest absolute Gasteiger partial charge is 0.127 e. The Kier molecular flexibility index (Phi) is 4.88. The van der Waals surface area contributed by atoms with Crippen molar-refractivity contribution in [2.75, 3.05) is 21.3 Å². The molecule has 20 heavy (non-hydrogen) atoms. The van der Waals surface area contributed by atoms with Crippen LogP contribution in [0.5, 0.6) is 11.5 Å². The third-order valence-corrected chi connectivity index (χ3v) is 3.60. The Balaban J connectivity index is 2.60. The highest BCUT2D eigenvalue weighted by Gasteiger charge is 2.22. The van der Waals surface area contributed by atoms with E-state index in [2.05, 4.69) is 5.32 Å². The van der Waals surface area contributed by atoms with E-state index in [0.29, 0.717) is 5.02 Å². The van der Waals surface area contributed by atoms with E-state index in [1.807, 2.05) is 49.5 Å². The van der Waals surface area contributed by atoms with Crippen LogP contribution in [0.3, 0.4) is 0 Å². The van der Waals surface area contributed by atoms with Gasteiger partial charge in [0.1, 0.15) is 11.5 Å². The summed E-state index contributed by atoms with van der Waals surface area (Å²) in [6.45, 7) is 0. The molecule has 2 aromatic rings. The quantitative estimate of drug-likeness (QED) is 0.912. The van der Waals surface area contributed by atoms with Crippen LogP contribution in [0.2, 0.25) is 5.02 Å². The average Bonchev–Trinajstić information content (AvgIpc) is 2.49. The molecule has 106 valence electrons. The summed E-state index contributed by atoms with van der Waals surface area (Å²) >= 11 is 6.32. The number of rotatable bonds is 5. The minimum Gasteiger partial charge on any atom is -0.496 e. The minimum absolute atomic E-state index is 0.102. The molecule has 0 fully saturated rings. The molecule has 1 N–H and O–H groups in total. The second kappa shape index (κ2) is 6.64. The van der Waals surface area contributed by atoms with Gasteiger partial charge in [0.25, 0.3) is 0 Å². The molecule has 0 saturated carbocycles. The molecule has 0 saturated heterocycles. The molecule has 0 spiro atoms. The van der Waals surface area contributed by atoms with Gasteiger partial charge in [-0.25, -0.2) is 0 Å². The molecule has 3 nitrogen and oxygen atoms in total. The Labute approximate surface area is 124 Å². The maximum Gasteiger partial charge on any atom is 0.127 e. The standard InChI is InChI=1S/C16H18ClNO2/c1-18-16(11-7-4-5-8-12(11)17)15-13(19-2)9-6-10-14(15)20-3/h4-10,16,18H,1-3H3. The summed E-state index contributed by atoms with van der Waals surface area (Å²) in [6, 6.07) is 13.4. The molecule has 1 unspecified atom stereocenters. The summed E-state index contributed by atoms with van der Waals surface area (Å²) < 4.78 is 10.9. The van der Waals surface area contributed by atoms with Crippen LogP contribution in [-0.2, 0) is 0 Å². The van der Waals surface area contributed by atoms with Gasteiger partial charge in [-0.15, -0.1) is 0 Å². The summed E-state index contributed by atoms with van der Waals surface area (Å²) in [6.07, 6.45) is 0. The Morgan fingerprint density at radius 2 is 1.55 bits per heavy atom. The predicted molar refractivity (Wildman–Crippen MR) is 81.9 cm³/mol. The number of nitrogens with one attached hydrogen (secondary N) is 1. The molecule has 0 aliphatic carbocycles. The zero-order chi connectivity index (χ0) is 14.5. The number of methoxy groups -OCH3 is 2. The van der Waals surface area contributed by atoms with E-state index in [4.69, 9.17) is 21.1 Å². The fraction of sp³-hybridized carbons (Fsp3) is 0.250. The van der Waals surface area contributed by atoms with Gasteiger partial charge in [-0.1, -0.05) is 35.9 Å². The van der Waals surface area contributed by atoms with E-state index in [1.54, 1.807) is 14.2 Å². The molecular weight excluding hydrogens is 274 g/mol. The summed E-state index contributed by atoms with van der Waals surface area (Å²) in [5.41, 5.74) is 1.92. The number of halogens is 1. The van der Waals surface area contributed by atoms with E-state index >= 15 is 0 Å². The molecule has 2 aromatic carbocycles. The van der Waals surface area contributed by atoms with E-state index in [9.17, 15) is 0 Å². The normalized spacial score (nSPS) is 12.0. The molecule has 0 heterocycles. The molecule has 0 aliphatic heterocycles. The van der Waals surface area contributed by atoms with E-state index in [-0.39, 0.29) is 6.04 Å². The molecule has 4 heteroatoms. The minimum atomic E-state index is -0.102. The van der Waals surface area contributed by atoms with Crippen LogP contribution < -0.4 is 14.8 Å². The maximum absolute atomic E-state index is 6.32. The fourth-order valence-corrected chi connectivity index (χ4v) is 2.57. The van der Waals surface area contributed by atoms with Crippen LogP contribution in [0.4, 0.5) is 0 Å². The van der Waals surface area contributed by atoms with E-state index in [0.717, 1.165) is 22.6 Å². The molecule has 0 bridgehead atoms. The zero-order valence-electron chi connectivity index (χ0n) is 11.8. The van der Waals surface area contributed by atoms with E-state index < -0.39 is 0 Å². The first kappa shape index (κ1) is 14.7. The van der Waals surface area contributed by atoms with Crippen LogP contribution in [0.1, 0.15) is 17.2 Å². The Morgan fingerprint density at radius 1 is 0.950 bits per heavy atom. The molecule has 0 aromatic heterocycles. The molecule has 0 radical (unpaired) electrons. The third-order valence-electron chi connectivity index (χ3n) is 3.26. The predicted octanol–water partition coefficient (Wildman–Crippen LogP) is 3.67. The largest absolute Gasteiger partial charge is 0.496 e. The van der Waals surface area contributed by atoms with E-state index in [1.165, 1.54) is 0 Å². The molecule has 0 amide bonds. The lowest BCUT2D eigenvalue weighted by Gasteiger charge is -2.23. The monoisotopic (exact) mass is 291 g/mol. The van der Waals surface area contributed by atoms with Gasteiger partial charge >= 0.3 is 0 Å². The first-order valence-electron chi connectivity index (χ1n) is 6.35. The van der Waals surface area contributed by atoms with Crippen molar-refractivity contribution in [3.63, 3.8) is 0 Å². The summed E-state index contributed by atoms with van der Waals surface area (Å²) in [4.78, 5) is 0. The Hall–Kier alpha value is -1.71. The second-order valence-electron chi connectivity index (χ2n) is 4.32. The third kappa shape index (κ3) is 2.74. The summed E-state index contributed by atoms with van der Waals surface area (Å²) in [5.74, 6) is 1.53. The number of hydrogen-bond acceptors (Lipinski definition) is 3. The van der Waals surface area contributed by atoms with Crippen molar-refractivity contribution in [1.82, 2.24) is 5.32 Å². The van der Waals surface area contributed by atoms with Gasteiger partial charge in [0.2, 0.25) is 0 Å². The van der Waals surface area contributed by atoms with Gasteiger partial charge in [-0.2, -0.15) is 0 Å². The number of ether oxygens (including phenoxy) is 2. The molecule has 0 aliphatic rings. The SMILES string of the molecule is CNC(c1ccccc1Cl)c1c(OC)cccc1OC. The first-order chi connectivity index (χ1) is 9.72. The van der Waals surface area contributed by atoms with Crippen LogP contribution in [0.15, 0.2) is 42.5 Å². The molecular formula is C16H18ClNO2. The topological polar surface area (TPSA) is 30.5 Å². The lowest BCUT2D eigenvalue weighted by atomic mass is 9.97. The Morgan fingerprint density at radius 3 is 2.05 bits per heavy atom. The van der Waals surface area contributed by atoms with Crippen molar-refractivity contribution < 1.29 is 9.47 Å². The van der Waals surface area contributed by atoms with Gasteiger partial charge in [0.05, 0.1) is 25.8 Å². The van der Waals surface area contributed by atoms with Gasteiger partial charge < -0.3 is 14.8 Å². The first-order valence-corrected chi connectivity index (χ1v) is 6.73. The lowest BCUT2D eigenvalue weighted by Crippen LogP contribution is -2.19. The van der Waals surface area contributed by atoms with Crippen molar-refractivity contribution >= 4 is 11.6 Å². The number of hydrogen-bond donors (Lipinski definition) is 1. The highest BCUT2D eigenvalue weighted by atomic mass is 35.5. The Bertz CT molecular complexity index is 564. The van der Waals surface area contributed by atoms with Crippen LogP contribution >= 0.6 is 11.6 Å². The van der Waals surface area contributed by atoms with Gasteiger partial charge in [0, 0.05) is 5.02 Å². The van der Waals surface area contributed by atoms with Gasteiger partial charge in [0.15, 0.2) is 0 Å².